The third kappa shape index (κ3) is 20.7. The average Bonchev–Trinajstić information content (AvgIpc) is 3.21. The summed E-state index contributed by atoms with van der Waals surface area (Å²) < 4.78 is 34.0. The highest BCUT2D eigenvalue weighted by molar-refractivity contribution is 5.91. The summed E-state index contributed by atoms with van der Waals surface area (Å²) in [5.41, 5.74) is 1.10. The fourth-order valence-electron chi connectivity index (χ4n) is 7.26. The van der Waals surface area contributed by atoms with Crippen LogP contribution < -0.4 is 9.47 Å². The molecule has 1 fully saturated rings. The van der Waals surface area contributed by atoms with Crippen molar-refractivity contribution in [3.8, 4) is 11.5 Å². The second kappa shape index (κ2) is 26.7. The molecule has 1 saturated carbocycles. The van der Waals surface area contributed by atoms with E-state index in [1.165, 1.54) is 11.6 Å². The first kappa shape index (κ1) is 49.9. The van der Waals surface area contributed by atoms with Crippen molar-refractivity contribution in [1.29, 1.82) is 0 Å². The van der Waals surface area contributed by atoms with E-state index in [4.69, 9.17) is 28.4 Å². The maximum Gasteiger partial charge on any atom is 0.343 e. The van der Waals surface area contributed by atoms with Crippen LogP contribution in [0.4, 0.5) is 0 Å². The van der Waals surface area contributed by atoms with Crippen LogP contribution in [0, 0.1) is 0 Å². The van der Waals surface area contributed by atoms with Crippen LogP contribution in [0.15, 0.2) is 73.3 Å². The van der Waals surface area contributed by atoms with Crippen molar-refractivity contribution >= 4 is 23.9 Å². The number of unbranched alkanes of at least 4 members (excludes halogenated alkanes) is 8. The summed E-state index contributed by atoms with van der Waals surface area (Å²) in [5.74, 6) is 0.382. The van der Waals surface area contributed by atoms with Gasteiger partial charge in [-0.15, -0.1) is 0 Å². The van der Waals surface area contributed by atoms with Crippen LogP contribution in [0.3, 0.4) is 0 Å². The average molecular weight is 833 g/mol. The molecule has 0 unspecified atom stereocenters. The molecule has 60 heavy (non-hydrogen) atoms. The number of rotatable bonds is 29. The Morgan fingerprint density at radius 3 is 1.83 bits per heavy atom. The molecular weight excluding hydrogens is 761 g/mol. The molecule has 0 atom stereocenters. The SMILES string of the molecule is C=CC(=O)OCCCCCCOc1ccc(C(=O)Oc2ccc(C3CCC(OCCCCCCC(C)(C)OC(=O)CCCCCC(C)(C)OC(=O)C(=C)C)CC3)cc2)cc1. The molecule has 0 amide bonds. The number of carbonyl (C=O) groups excluding carboxylic acids is 4. The summed E-state index contributed by atoms with van der Waals surface area (Å²) >= 11 is 0. The summed E-state index contributed by atoms with van der Waals surface area (Å²) in [6, 6.07) is 14.9. The van der Waals surface area contributed by atoms with E-state index in [0.717, 1.165) is 116 Å². The summed E-state index contributed by atoms with van der Waals surface area (Å²) in [6.07, 6.45) is 18.0. The zero-order valence-corrected chi connectivity index (χ0v) is 37.2. The Bertz CT molecular complexity index is 1620. The van der Waals surface area contributed by atoms with Gasteiger partial charge in [0, 0.05) is 24.7 Å². The molecule has 0 bridgehead atoms. The fourth-order valence-corrected chi connectivity index (χ4v) is 7.26. The number of hydrogen-bond donors (Lipinski definition) is 0. The van der Waals surface area contributed by atoms with Gasteiger partial charge in [-0.05, 0) is 172 Å². The third-order valence-corrected chi connectivity index (χ3v) is 10.8. The quantitative estimate of drug-likeness (QED) is 0.0257. The molecular formula is C50H72O10. The van der Waals surface area contributed by atoms with Gasteiger partial charge in [0.05, 0.1) is 24.9 Å². The van der Waals surface area contributed by atoms with Crippen molar-refractivity contribution in [2.45, 2.75) is 173 Å². The molecule has 10 heteroatoms. The standard InChI is InChI=1S/C50H72O10/c1-8-45(51)57-37-19-12-11-18-36-56-43-29-25-41(26-30-43)48(54)58-44-31-23-40(24-32-44)39-21-27-42(28-22-39)55-35-17-10-9-15-33-49(4,5)59-46(52)20-14-13-16-34-50(6,7)60-47(53)38(2)3/h8,23-26,29-32,39,42H,1-2,9-22,27-28,33-37H2,3-7H3. The van der Waals surface area contributed by atoms with Crippen LogP contribution >= 0.6 is 0 Å². The zero-order chi connectivity index (χ0) is 43.8. The van der Waals surface area contributed by atoms with Crippen LogP contribution in [-0.4, -0.2) is 61.0 Å². The van der Waals surface area contributed by atoms with E-state index < -0.39 is 17.2 Å². The Labute approximate surface area is 359 Å². The Morgan fingerprint density at radius 2 is 1.22 bits per heavy atom. The van der Waals surface area contributed by atoms with Gasteiger partial charge < -0.3 is 28.4 Å². The second-order valence-electron chi connectivity index (χ2n) is 17.3. The molecule has 10 nitrogen and oxygen atoms in total. The predicted octanol–water partition coefficient (Wildman–Crippen LogP) is 11.7. The maximum absolute atomic E-state index is 12.8. The number of hydrogen-bond acceptors (Lipinski definition) is 10. The number of carbonyl (C=O) groups is 4. The first-order chi connectivity index (χ1) is 28.7. The van der Waals surface area contributed by atoms with Gasteiger partial charge in [0.1, 0.15) is 22.7 Å². The monoisotopic (exact) mass is 833 g/mol. The van der Waals surface area contributed by atoms with E-state index >= 15 is 0 Å². The largest absolute Gasteiger partial charge is 0.494 e. The second-order valence-corrected chi connectivity index (χ2v) is 17.3. The molecule has 3 rings (SSSR count). The zero-order valence-electron chi connectivity index (χ0n) is 37.2. The molecule has 1 aliphatic rings. The molecule has 332 valence electrons. The van der Waals surface area contributed by atoms with E-state index in [9.17, 15) is 19.2 Å². The van der Waals surface area contributed by atoms with Crippen LogP contribution in [0.25, 0.3) is 0 Å². The van der Waals surface area contributed by atoms with Gasteiger partial charge in [-0.25, -0.2) is 14.4 Å². The molecule has 0 saturated heterocycles. The number of benzene rings is 2. The van der Waals surface area contributed by atoms with E-state index in [-0.39, 0.29) is 17.9 Å². The molecule has 0 heterocycles. The first-order valence-electron chi connectivity index (χ1n) is 22.2. The topological polar surface area (TPSA) is 124 Å². The van der Waals surface area contributed by atoms with Gasteiger partial charge in [-0.1, -0.05) is 44.6 Å². The van der Waals surface area contributed by atoms with Gasteiger partial charge in [0.2, 0.25) is 0 Å². The minimum atomic E-state index is -0.548. The van der Waals surface area contributed by atoms with Crippen molar-refractivity contribution in [2.75, 3.05) is 19.8 Å². The molecule has 0 N–H and O–H groups in total. The van der Waals surface area contributed by atoms with Crippen LogP contribution in [0.1, 0.15) is 172 Å². The Kier molecular flexibility index (Phi) is 22.2. The van der Waals surface area contributed by atoms with Crippen molar-refractivity contribution in [2.24, 2.45) is 0 Å². The molecule has 0 aliphatic heterocycles. The minimum Gasteiger partial charge on any atom is -0.494 e. The van der Waals surface area contributed by atoms with Crippen LogP contribution in [0.2, 0.25) is 0 Å². The third-order valence-electron chi connectivity index (χ3n) is 10.8. The van der Waals surface area contributed by atoms with Gasteiger partial charge in [0.25, 0.3) is 0 Å². The highest BCUT2D eigenvalue weighted by Gasteiger charge is 2.25. The first-order valence-corrected chi connectivity index (χ1v) is 22.2. The highest BCUT2D eigenvalue weighted by atomic mass is 16.6. The van der Waals surface area contributed by atoms with Crippen LogP contribution in [-0.2, 0) is 33.3 Å². The number of esters is 4. The fraction of sp³-hybridized carbons (Fsp3) is 0.600. The summed E-state index contributed by atoms with van der Waals surface area (Å²) in [5, 5.41) is 0. The van der Waals surface area contributed by atoms with Crippen molar-refractivity contribution in [3.63, 3.8) is 0 Å². The van der Waals surface area contributed by atoms with Gasteiger partial charge in [-0.3, -0.25) is 4.79 Å². The Morgan fingerprint density at radius 1 is 0.667 bits per heavy atom. The van der Waals surface area contributed by atoms with E-state index in [1.54, 1.807) is 31.2 Å². The minimum absolute atomic E-state index is 0.150. The van der Waals surface area contributed by atoms with Crippen molar-refractivity contribution in [3.05, 3.63) is 84.5 Å². The highest BCUT2D eigenvalue weighted by Crippen LogP contribution is 2.35. The number of ether oxygens (including phenoxy) is 6. The van der Waals surface area contributed by atoms with Crippen molar-refractivity contribution < 1.29 is 47.6 Å². The van der Waals surface area contributed by atoms with E-state index in [1.807, 2.05) is 39.8 Å². The van der Waals surface area contributed by atoms with Crippen molar-refractivity contribution in [1.82, 2.24) is 0 Å². The molecule has 2 aromatic rings. The normalized spacial score (nSPS) is 15.4. The summed E-state index contributed by atoms with van der Waals surface area (Å²) in [4.78, 5) is 48.1. The molecule has 1 aliphatic carbocycles. The van der Waals surface area contributed by atoms with Gasteiger partial charge in [-0.2, -0.15) is 0 Å². The van der Waals surface area contributed by atoms with E-state index in [2.05, 4.69) is 25.3 Å². The lowest BCUT2D eigenvalue weighted by Gasteiger charge is -2.29. The summed E-state index contributed by atoms with van der Waals surface area (Å²) in [6.45, 7) is 18.2. The lowest BCUT2D eigenvalue weighted by Crippen LogP contribution is -2.28. The lowest BCUT2D eigenvalue weighted by molar-refractivity contribution is -0.157. The molecule has 0 radical (unpaired) electrons. The smallest absolute Gasteiger partial charge is 0.343 e. The lowest BCUT2D eigenvalue weighted by atomic mass is 9.83. The maximum atomic E-state index is 12.8. The molecule has 0 spiro atoms. The predicted molar refractivity (Wildman–Crippen MR) is 235 cm³/mol. The Balaban J connectivity index is 1.20. The van der Waals surface area contributed by atoms with E-state index in [0.29, 0.717) is 54.3 Å². The summed E-state index contributed by atoms with van der Waals surface area (Å²) in [7, 11) is 0. The van der Waals surface area contributed by atoms with Gasteiger partial charge >= 0.3 is 23.9 Å². The van der Waals surface area contributed by atoms with Gasteiger partial charge in [0.15, 0.2) is 0 Å². The Hall–Kier alpha value is -4.44. The van der Waals surface area contributed by atoms with Crippen LogP contribution in [0.5, 0.6) is 11.5 Å². The molecule has 2 aromatic carbocycles. The molecule has 0 aromatic heterocycles.